The Morgan fingerprint density at radius 3 is 1.73 bits per heavy atom. The molecule has 0 saturated heterocycles. The minimum atomic E-state index is -0.0598. The van der Waals surface area contributed by atoms with E-state index in [1.165, 1.54) is 25.7 Å². The zero-order valence-corrected chi connectivity index (χ0v) is 20.7. The normalized spacial score (nSPS) is 14.2. The van der Waals surface area contributed by atoms with E-state index >= 15 is 0 Å². The van der Waals surface area contributed by atoms with Gasteiger partial charge in [0, 0.05) is 6.42 Å². The number of esters is 2. The Bertz CT molecular complexity index is 421. The van der Waals surface area contributed by atoms with Crippen LogP contribution >= 0.6 is 0 Å². The molecule has 178 valence electrons. The molecule has 30 heavy (non-hydrogen) atoms. The van der Waals surface area contributed by atoms with Crippen molar-refractivity contribution in [2.24, 2.45) is 17.8 Å². The molecule has 4 nitrogen and oxygen atoms in total. The smallest absolute Gasteiger partial charge is 0.308 e. The van der Waals surface area contributed by atoms with E-state index in [4.69, 9.17) is 9.47 Å². The zero-order chi connectivity index (χ0) is 22.6. The highest BCUT2D eigenvalue weighted by Crippen LogP contribution is 2.17. The van der Waals surface area contributed by atoms with Crippen molar-refractivity contribution in [1.82, 2.24) is 0 Å². The molecule has 0 heterocycles. The Morgan fingerprint density at radius 2 is 1.20 bits per heavy atom. The fraction of sp³-hybridized carbons (Fsp3) is 0.923. The van der Waals surface area contributed by atoms with Crippen LogP contribution in [0, 0.1) is 17.8 Å². The van der Waals surface area contributed by atoms with Crippen LogP contribution in [0.2, 0.25) is 0 Å². The third kappa shape index (κ3) is 15.7. The number of hydrogen-bond acceptors (Lipinski definition) is 4. The van der Waals surface area contributed by atoms with Gasteiger partial charge in [-0.25, -0.2) is 0 Å². The number of carbonyl (C=O) groups is 2. The van der Waals surface area contributed by atoms with Gasteiger partial charge in [0.05, 0.1) is 19.1 Å². The SMILES string of the molecule is CCCCC(CC)COC(=O)CCCCCCC(C)C(=O)OCC(CC)CCCC. The lowest BCUT2D eigenvalue weighted by atomic mass is 10.00. The van der Waals surface area contributed by atoms with Crippen molar-refractivity contribution in [2.45, 2.75) is 125 Å². The Hall–Kier alpha value is -1.06. The third-order valence-corrected chi connectivity index (χ3v) is 6.20. The van der Waals surface area contributed by atoms with Crippen molar-refractivity contribution in [2.75, 3.05) is 13.2 Å². The average molecular weight is 427 g/mol. The van der Waals surface area contributed by atoms with Crippen LogP contribution in [-0.2, 0) is 19.1 Å². The Balaban J connectivity index is 3.76. The third-order valence-electron chi connectivity index (χ3n) is 6.20. The first kappa shape index (κ1) is 28.9. The van der Waals surface area contributed by atoms with Crippen LogP contribution in [-0.4, -0.2) is 25.2 Å². The first-order valence-electron chi connectivity index (χ1n) is 12.8. The van der Waals surface area contributed by atoms with Crippen molar-refractivity contribution in [3.8, 4) is 0 Å². The lowest BCUT2D eigenvalue weighted by molar-refractivity contribution is -0.149. The van der Waals surface area contributed by atoms with E-state index in [0.29, 0.717) is 31.5 Å². The summed E-state index contributed by atoms with van der Waals surface area (Å²) in [4.78, 5) is 24.1. The van der Waals surface area contributed by atoms with Gasteiger partial charge in [-0.2, -0.15) is 0 Å². The summed E-state index contributed by atoms with van der Waals surface area (Å²) in [6.07, 6.45) is 14.6. The highest BCUT2D eigenvalue weighted by molar-refractivity contribution is 5.71. The van der Waals surface area contributed by atoms with Crippen molar-refractivity contribution in [3.05, 3.63) is 0 Å². The molecule has 0 aliphatic heterocycles. The lowest BCUT2D eigenvalue weighted by Crippen LogP contribution is -2.19. The molecule has 0 aliphatic rings. The number of hydrogen-bond donors (Lipinski definition) is 0. The summed E-state index contributed by atoms with van der Waals surface area (Å²) in [7, 11) is 0. The van der Waals surface area contributed by atoms with E-state index in [-0.39, 0.29) is 17.9 Å². The first-order valence-corrected chi connectivity index (χ1v) is 12.8. The maximum atomic E-state index is 12.2. The predicted molar refractivity (Wildman–Crippen MR) is 125 cm³/mol. The number of unbranched alkanes of at least 4 members (excludes halogenated alkanes) is 5. The molecule has 0 radical (unpaired) electrons. The molecular weight excluding hydrogens is 376 g/mol. The predicted octanol–water partition coefficient (Wildman–Crippen LogP) is 7.48. The zero-order valence-electron chi connectivity index (χ0n) is 20.7. The van der Waals surface area contributed by atoms with Gasteiger partial charge in [0.15, 0.2) is 0 Å². The fourth-order valence-electron chi connectivity index (χ4n) is 3.61. The van der Waals surface area contributed by atoms with Gasteiger partial charge in [0.25, 0.3) is 0 Å². The molecule has 0 aromatic rings. The van der Waals surface area contributed by atoms with Gasteiger partial charge in [-0.15, -0.1) is 0 Å². The van der Waals surface area contributed by atoms with Gasteiger partial charge >= 0.3 is 11.9 Å². The molecule has 0 aromatic heterocycles. The Labute approximate surface area is 186 Å². The summed E-state index contributed by atoms with van der Waals surface area (Å²) in [5.41, 5.74) is 0. The average Bonchev–Trinajstić information content (AvgIpc) is 2.75. The van der Waals surface area contributed by atoms with Crippen LogP contribution in [0.1, 0.15) is 125 Å². The molecule has 3 atom stereocenters. The van der Waals surface area contributed by atoms with E-state index in [1.807, 2.05) is 6.92 Å². The first-order chi connectivity index (χ1) is 14.5. The van der Waals surface area contributed by atoms with Gasteiger partial charge in [-0.1, -0.05) is 92.4 Å². The number of ether oxygens (including phenoxy) is 2. The van der Waals surface area contributed by atoms with Crippen molar-refractivity contribution < 1.29 is 19.1 Å². The van der Waals surface area contributed by atoms with E-state index in [1.54, 1.807) is 0 Å². The Morgan fingerprint density at radius 1 is 0.667 bits per heavy atom. The highest BCUT2D eigenvalue weighted by atomic mass is 16.5. The highest BCUT2D eigenvalue weighted by Gasteiger charge is 2.16. The Kier molecular flexibility index (Phi) is 19.2. The lowest BCUT2D eigenvalue weighted by Gasteiger charge is -2.17. The molecule has 0 fully saturated rings. The second-order valence-electron chi connectivity index (χ2n) is 9.00. The van der Waals surface area contributed by atoms with Crippen LogP contribution in [0.3, 0.4) is 0 Å². The monoisotopic (exact) mass is 426 g/mol. The molecule has 0 amide bonds. The van der Waals surface area contributed by atoms with E-state index in [2.05, 4.69) is 27.7 Å². The van der Waals surface area contributed by atoms with Crippen LogP contribution in [0.25, 0.3) is 0 Å². The van der Waals surface area contributed by atoms with Crippen molar-refractivity contribution >= 4 is 11.9 Å². The second-order valence-corrected chi connectivity index (χ2v) is 9.00. The van der Waals surface area contributed by atoms with Gasteiger partial charge in [0.1, 0.15) is 0 Å². The molecule has 0 rings (SSSR count). The van der Waals surface area contributed by atoms with Gasteiger partial charge < -0.3 is 9.47 Å². The molecule has 0 spiro atoms. The summed E-state index contributed by atoms with van der Waals surface area (Å²) >= 11 is 0. The summed E-state index contributed by atoms with van der Waals surface area (Å²) < 4.78 is 11.0. The quantitative estimate of drug-likeness (QED) is 0.149. The molecule has 0 aromatic carbocycles. The van der Waals surface area contributed by atoms with Crippen molar-refractivity contribution in [1.29, 1.82) is 0 Å². The van der Waals surface area contributed by atoms with Gasteiger partial charge in [-0.05, 0) is 37.5 Å². The minimum absolute atomic E-state index is 0.0345. The molecule has 0 saturated carbocycles. The standard InChI is InChI=1S/C26H50O4/c1-6-10-17-23(8-3)20-29-25(27)19-15-13-12-14-16-22(5)26(28)30-21-24(9-4)18-11-7-2/h22-24H,6-21H2,1-5H3. The number of carbonyl (C=O) groups excluding carboxylic acids is 2. The fourth-order valence-corrected chi connectivity index (χ4v) is 3.61. The van der Waals surface area contributed by atoms with E-state index < -0.39 is 0 Å². The van der Waals surface area contributed by atoms with E-state index in [9.17, 15) is 9.59 Å². The molecule has 0 bridgehead atoms. The summed E-state index contributed by atoms with van der Waals surface area (Å²) in [6, 6.07) is 0. The molecule has 3 unspecified atom stereocenters. The van der Waals surface area contributed by atoms with Crippen LogP contribution < -0.4 is 0 Å². The second kappa shape index (κ2) is 19.9. The van der Waals surface area contributed by atoms with Crippen LogP contribution in [0.4, 0.5) is 0 Å². The summed E-state index contributed by atoms with van der Waals surface area (Å²) in [6.45, 7) is 11.8. The topological polar surface area (TPSA) is 52.6 Å². The molecule has 0 N–H and O–H groups in total. The summed E-state index contributed by atoms with van der Waals surface area (Å²) in [5, 5.41) is 0. The van der Waals surface area contributed by atoms with Crippen molar-refractivity contribution in [3.63, 3.8) is 0 Å². The summed E-state index contributed by atoms with van der Waals surface area (Å²) in [5.74, 6) is 0.861. The minimum Gasteiger partial charge on any atom is -0.465 e. The molecular formula is C26H50O4. The molecule has 4 heteroatoms. The van der Waals surface area contributed by atoms with E-state index in [0.717, 1.165) is 57.8 Å². The maximum Gasteiger partial charge on any atom is 0.308 e. The molecule has 0 aliphatic carbocycles. The largest absolute Gasteiger partial charge is 0.465 e. The maximum absolute atomic E-state index is 12.2. The van der Waals surface area contributed by atoms with Gasteiger partial charge in [0.2, 0.25) is 0 Å². The van der Waals surface area contributed by atoms with Crippen LogP contribution in [0.5, 0.6) is 0 Å². The van der Waals surface area contributed by atoms with Crippen LogP contribution in [0.15, 0.2) is 0 Å². The van der Waals surface area contributed by atoms with Gasteiger partial charge in [-0.3, -0.25) is 9.59 Å². The number of rotatable bonds is 20.